The predicted octanol–water partition coefficient (Wildman–Crippen LogP) is 4.54. The van der Waals surface area contributed by atoms with Gasteiger partial charge in [-0.2, -0.15) is 5.10 Å². The number of aryl methyl sites for hydroxylation is 2. The van der Waals surface area contributed by atoms with Gasteiger partial charge in [0.05, 0.1) is 35.1 Å². The maximum absolute atomic E-state index is 12.4. The van der Waals surface area contributed by atoms with Gasteiger partial charge in [-0.1, -0.05) is 18.5 Å². The fourth-order valence-electron chi connectivity index (χ4n) is 3.71. The van der Waals surface area contributed by atoms with Crippen LogP contribution in [-0.4, -0.2) is 39.2 Å². The molecule has 1 aliphatic rings. The Morgan fingerprint density at radius 1 is 1.40 bits per heavy atom. The molecule has 1 fully saturated rings. The Bertz CT molecular complexity index is 927. The van der Waals surface area contributed by atoms with Crippen LogP contribution >= 0.6 is 11.6 Å². The highest BCUT2D eigenvalue weighted by atomic mass is 35.5. The molecule has 2 aromatic heterocycles. The Hall–Kier alpha value is -2.41. The van der Waals surface area contributed by atoms with Crippen LogP contribution in [0.25, 0.3) is 11.3 Å². The number of ether oxygens (including phenoxy) is 2. The third-order valence-electron chi connectivity index (χ3n) is 5.60. The third kappa shape index (κ3) is 4.83. The van der Waals surface area contributed by atoms with E-state index in [9.17, 15) is 9.59 Å². The Balaban J connectivity index is 1.72. The first-order valence-corrected chi connectivity index (χ1v) is 10.7. The molecular weight excluding hydrogens is 406 g/mol. The number of aromatic nitrogens is 3. The third-order valence-corrected chi connectivity index (χ3v) is 5.86. The van der Waals surface area contributed by atoms with Crippen molar-refractivity contribution in [1.29, 1.82) is 0 Å². The molecule has 3 rings (SSSR count). The number of carbonyl (C=O) groups is 2. The molecule has 2 heterocycles. The summed E-state index contributed by atoms with van der Waals surface area (Å²) in [6, 6.07) is 3.60. The first-order valence-electron chi connectivity index (χ1n) is 10.4. The second-order valence-corrected chi connectivity index (χ2v) is 8.19. The average molecular weight is 434 g/mol. The number of aldehydes is 1. The second kappa shape index (κ2) is 9.60. The molecule has 7 nitrogen and oxygen atoms in total. The standard InChI is InChI=1S/C22H28ClN3O4/c1-5-13(2)29-22(28)15-7-6-8-16(11-15)30-19-10-9-17(24-14(19)3)20-18(12-27)26(4)25-21(20)23/h9-10,12-13,15-16H,5-8,11H2,1-4H3/t13?,15-,16-/m0/s1. The van der Waals surface area contributed by atoms with Gasteiger partial charge in [-0.05, 0) is 58.1 Å². The van der Waals surface area contributed by atoms with Crippen LogP contribution in [0.5, 0.6) is 5.75 Å². The summed E-state index contributed by atoms with van der Waals surface area (Å²) in [4.78, 5) is 28.4. The molecule has 0 aliphatic heterocycles. The number of esters is 1. The molecule has 1 unspecified atom stereocenters. The average Bonchev–Trinajstić information content (AvgIpc) is 3.02. The van der Waals surface area contributed by atoms with Crippen molar-refractivity contribution in [3.63, 3.8) is 0 Å². The van der Waals surface area contributed by atoms with Crippen molar-refractivity contribution >= 4 is 23.9 Å². The smallest absolute Gasteiger partial charge is 0.309 e. The topological polar surface area (TPSA) is 83.3 Å². The number of pyridine rings is 1. The molecule has 3 atom stereocenters. The van der Waals surface area contributed by atoms with E-state index in [0.717, 1.165) is 32.0 Å². The lowest BCUT2D eigenvalue weighted by atomic mass is 9.87. The number of halogens is 1. The molecule has 0 amide bonds. The van der Waals surface area contributed by atoms with Gasteiger partial charge in [-0.25, -0.2) is 4.98 Å². The number of rotatable bonds is 7. The van der Waals surface area contributed by atoms with Crippen LogP contribution in [0.4, 0.5) is 0 Å². The van der Waals surface area contributed by atoms with E-state index < -0.39 is 0 Å². The van der Waals surface area contributed by atoms with Crippen molar-refractivity contribution in [2.75, 3.05) is 0 Å². The summed E-state index contributed by atoms with van der Waals surface area (Å²) < 4.78 is 13.1. The molecule has 0 saturated heterocycles. The fourth-order valence-corrected chi connectivity index (χ4v) is 4.02. The van der Waals surface area contributed by atoms with E-state index in [0.29, 0.717) is 34.8 Å². The quantitative estimate of drug-likeness (QED) is 0.471. The first kappa shape index (κ1) is 22.3. The van der Waals surface area contributed by atoms with Gasteiger partial charge in [0.2, 0.25) is 0 Å². The van der Waals surface area contributed by atoms with Crippen molar-refractivity contribution in [3.05, 3.63) is 28.7 Å². The van der Waals surface area contributed by atoms with Crippen LogP contribution in [-0.2, 0) is 16.6 Å². The zero-order valence-corrected chi connectivity index (χ0v) is 18.6. The maximum atomic E-state index is 12.4. The van der Waals surface area contributed by atoms with Crippen LogP contribution in [0.3, 0.4) is 0 Å². The largest absolute Gasteiger partial charge is 0.489 e. The van der Waals surface area contributed by atoms with Crippen LogP contribution in [0.2, 0.25) is 5.15 Å². The Labute approximate surface area is 181 Å². The Kier molecular flexibility index (Phi) is 7.13. The SMILES string of the molecule is CCC(C)OC(=O)[C@H]1CCC[C@H](Oc2ccc(-c3c(Cl)nn(C)c3C=O)nc2C)C1. The fraction of sp³-hybridized carbons (Fsp3) is 0.545. The Morgan fingerprint density at radius 3 is 2.83 bits per heavy atom. The van der Waals surface area contributed by atoms with Crippen LogP contribution in [0.15, 0.2) is 12.1 Å². The molecular formula is C22H28ClN3O4. The van der Waals surface area contributed by atoms with Gasteiger partial charge in [0.15, 0.2) is 11.4 Å². The number of hydrogen-bond donors (Lipinski definition) is 0. The second-order valence-electron chi connectivity index (χ2n) is 7.83. The van der Waals surface area contributed by atoms with Crippen molar-refractivity contribution < 1.29 is 19.1 Å². The van der Waals surface area contributed by atoms with Crippen molar-refractivity contribution in [1.82, 2.24) is 14.8 Å². The summed E-state index contributed by atoms with van der Waals surface area (Å²) in [5.74, 6) is 0.400. The molecule has 1 aliphatic carbocycles. The van der Waals surface area contributed by atoms with E-state index in [4.69, 9.17) is 21.1 Å². The lowest BCUT2D eigenvalue weighted by molar-refractivity contribution is -0.155. The summed E-state index contributed by atoms with van der Waals surface area (Å²) in [5, 5.41) is 4.32. The number of carbonyl (C=O) groups excluding carboxylic acids is 2. The molecule has 8 heteroatoms. The van der Waals surface area contributed by atoms with Crippen LogP contribution < -0.4 is 4.74 Å². The lowest BCUT2D eigenvalue weighted by Crippen LogP contribution is -2.32. The van der Waals surface area contributed by atoms with E-state index in [1.807, 2.05) is 26.8 Å². The van der Waals surface area contributed by atoms with Gasteiger partial charge in [0.25, 0.3) is 0 Å². The molecule has 0 spiro atoms. The predicted molar refractivity (Wildman–Crippen MR) is 114 cm³/mol. The van der Waals surface area contributed by atoms with Crippen LogP contribution in [0.1, 0.15) is 62.1 Å². The summed E-state index contributed by atoms with van der Waals surface area (Å²) >= 11 is 6.20. The number of nitrogens with zero attached hydrogens (tertiary/aromatic N) is 3. The minimum absolute atomic E-state index is 0.0617. The summed E-state index contributed by atoms with van der Waals surface area (Å²) in [6.45, 7) is 5.76. The van der Waals surface area contributed by atoms with Gasteiger partial charge in [-0.3, -0.25) is 14.3 Å². The molecule has 0 bridgehead atoms. The first-order chi connectivity index (χ1) is 14.3. The Morgan fingerprint density at radius 2 is 2.17 bits per heavy atom. The van der Waals surface area contributed by atoms with Gasteiger partial charge in [0.1, 0.15) is 11.4 Å². The molecule has 0 radical (unpaired) electrons. The van der Waals surface area contributed by atoms with E-state index >= 15 is 0 Å². The van der Waals surface area contributed by atoms with Gasteiger partial charge >= 0.3 is 5.97 Å². The molecule has 30 heavy (non-hydrogen) atoms. The summed E-state index contributed by atoms with van der Waals surface area (Å²) in [7, 11) is 1.66. The van der Waals surface area contributed by atoms with Crippen LogP contribution in [0, 0.1) is 12.8 Å². The molecule has 162 valence electrons. The highest BCUT2D eigenvalue weighted by molar-refractivity contribution is 6.32. The summed E-state index contributed by atoms with van der Waals surface area (Å²) in [5.41, 5.74) is 2.14. The van der Waals surface area contributed by atoms with E-state index in [-0.39, 0.29) is 29.2 Å². The molecule has 0 aromatic carbocycles. The zero-order chi connectivity index (χ0) is 21.8. The monoisotopic (exact) mass is 433 g/mol. The highest BCUT2D eigenvalue weighted by Gasteiger charge is 2.30. The van der Waals surface area contributed by atoms with Gasteiger partial charge < -0.3 is 9.47 Å². The zero-order valence-electron chi connectivity index (χ0n) is 17.9. The number of hydrogen-bond acceptors (Lipinski definition) is 6. The van der Waals surface area contributed by atoms with Crippen molar-refractivity contribution in [3.8, 4) is 17.0 Å². The maximum Gasteiger partial charge on any atom is 0.309 e. The normalized spacial score (nSPS) is 19.9. The van der Waals surface area contributed by atoms with E-state index in [1.165, 1.54) is 4.68 Å². The molecule has 0 N–H and O–H groups in total. The van der Waals surface area contributed by atoms with E-state index in [2.05, 4.69) is 10.1 Å². The molecule has 2 aromatic rings. The minimum atomic E-state index is -0.130. The van der Waals surface area contributed by atoms with Gasteiger partial charge in [0, 0.05) is 7.05 Å². The van der Waals surface area contributed by atoms with E-state index in [1.54, 1.807) is 13.1 Å². The van der Waals surface area contributed by atoms with Crippen molar-refractivity contribution in [2.45, 2.75) is 65.1 Å². The minimum Gasteiger partial charge on any atom is -0.489 e. The molecule has 1 saturated carbocycles. The highest BCUT2D eigenvalue weighted by Crippen LogP contribution is 2.33. The van der Waals surface area contributed by atoms with Crippen molar-refractivity contribution in [2.24, 2.45) is 13.0 Å². The lowest BCUT2D eigenvalue weighted by Gasteiger charge is -2.29. The summed E-state index contributed by atoms with van der Waals surface area (Å²) in [6.07, 6.45) is 4.68. The van der Waals surface area contributed by atoms with Gasteiger partial charge in [-0.15, -0.1) is 0 Å².